The average Bonchev–Trinajstić information content (AvgIpc) is 3.13. The van der Waals surface area contributed by atoms with Gasteiger partial charge in [-0.1, -0.05) is 60.5 Å². The quantitative estimate of drug-likeness (QED) is 0.0424. The Hall–Kier alpha value is -1.21. The second kappa shape index (κ2) is 21.3. The first-order chi connectivity index (χ1) is 23.6. The molecule has 0 heterocycles. The zero-order valence-corrected chi connectivity index (χ0v) is 33.8. The van der Waals surface area contributed by atoms with Crippen LogP contribution >= 0.6 is 33.9 Å². The van der Waals surface area contributed by atoms with E-state index in [1.54, 1.807) is 30.2 Å². The monoisotopic (exact) mass is 786 g/mol. The molecule has 0 fully saturated rings. The van der Waals surface area contributed by atoms with Crippen molar-refractivity contribution in [3.63, 3.8) is 0 Å². The number of rotatable bonds is 19. The Morgan fingerprint density at radius 2 is 1.43 bits per heavy atom. The predicted molar refractivity (Wildman–Crippen MR) is 214 cm³/mol. The molecule has 0 saturated carbocycles. The average molecular weight is 787 g/mol. The van der Waals surface area contributed by atoms with Crippen molar-refractivity contribution < 1.29 is 23.4 Å². The number of ether oxygens (including phenoxy) is 1. The van der Waals surface area contributed by atoms with Gasteiger partial charge in [0.2, 0.25) is 0 Å². The summed E-state index contributed by atoms with van der Waals surface area (Å²) in [6, 6.07) is 14.9. The van der Waals surface area contributed by atoms with E-state index in [1.165, 1.54) is 0 Å². The Bertz CT molecular complexity index is 1440. The Morgan fingerprint density at radius 3 is 1.98 bits per heavy atom. The van der Waals surface area contributed by atoms with Gasteiger partial charge in [0, 0.05) is 41.3 Å². The summed E-state index contributed by atoms with van der Waals surface area (Å²) in [5.74, 6) is 2.24. The maximum absolute atomic E-state index is 9.20. The highest BCUT2D eigenvalue weighted by atomic mass is 32.7. The van der Waals surface area contributed by atoms with E-state index in [-0.39, 0.29) is 18.8 Å². The first-order valence-electron chi connectivity index (χ1n) is 16.1. The molecule has 0 aromatic heterocycles. The standard InChI is InChI=1S/C32H49N6O5P3S3/c1-36(33-21-25-5-13-29(40-4)14-6-25)44(47)41-30-15-7-26(8-16-30)22-34-37(2)45(48)42-31-17-9-27(10-18-31)23-35-38(3)46(49)43-32-19-11-28(24-39)12-20-32/h5,7,9-13,15,17-20,23,25-26,29-30,33-34,39,44-45,49H,6,8,14,16,21-22,24H2,1-4H3/b35-23+. The van der Waals surface area contributed by atoms with Gasteiger partial charge in [-0.3, -0.25) is 0 Å². The zero-order chi connectivity index (χ0) is 35.2. The van der Waals surface area contributed by atoms with E-state index in [0.717, 1.165) is 49.9 Å². The van der Waals surface area contributed by atoms with Crippen LogP contribution in [-0.2, 0) is 39.5 Å². The molecule has 49 heavy (non-hydrogen) atoms. The highest BCUT2D eigenvalue weighted by Crippen LogP contribution is 2.45. The minimum absolute atomic E-state index is 0.00679. The fourth-order valence-corrected chi connectivity index (χ4v) is 8.54. The van der Waals surface area contributed by atoms with Crippen molar-refractivity contribution in [2.45, 2.75) is 44.5 Å². The van der Waals surface area contributed by atoms with Gasteiger partial charge < -0.3 is 23.4 Å². The molecule has 0 saturated heterocycles. The van der Waals surface area contributed by atoms with Crippen molar-refractivity contribution in [3.05, 3.63) is 84.0 Å². The number of hydrogen-bond acceptors (Lipinski definition) is 12. The lowest BCUT2D eigenvalue weighted by molar-refractivity contribution is 0.121. The molecule has 17 heteroatoms. The number of aliphatic hydroxyl groups excluding tert-OH is 1. The van der Waals surface area contributed by atoms with E-state index in [1.807, 2.05) is 67.1 Å². The van der Waals surface area contributed by atoms with Crippen LogP contribution < -0.4 is 19.9 Å². The maximum Gasteiger partial charge on any atom is 0.271 e. The summed E-state index contributed by atoms with van der Waals surface area (Å²) in [4.78, 5) is 0. The molecule has 0 radical (unpaired) electrons. The first kappa shape index (κ1) is 40.6. The van der Waals surface area contributed by atoms with Crippen LogP contribution in [0.15, 0.2) is 77.9 Å². The van der Waals surface area contributed by atoms with Crippen LogP contribution in [0.5, 0.6) is 11.5 Å². The van der Waals surface area contributed by atoms with Crippen LogP contribution in [-0.4, -0.2) is 79.2 Å². The van der Waals surface area contributed by atoms with Crippen molar-refractivity contribution in [3.8, 4) is 11.5 Å². The van der Waals surface area contributed by atoms with Gasteiger partial charge >= 0.3 is 0 Å². The highest BCUT2D eigenvalue weighted by molar-refractivity contribution is 8.42. The molecular formula is C32H49N6O5P3S3. The minimum atomic E-state index is -1.71. The zero-order valence-electron chi connectivity index (χ0n) is 28.3. The number of methoxy groups -OCH3 is 1. The van der Waals surface area contributed by atoms with Gasteiger partial charge in [-0.25, -0.2) is 15.6 Å². The van der Waals surface area contributed by atoms with Crippen LogP contribution in [0.2, 0.25) is 0 Å². The molecule has 2 aliphatic carbocycles. The number of thiol groups is 1. The Balaban J connectivity index is 1.12. The third-order valence-corrected chi connectivity index (χ3v) is 14.6. The number of hydrazone groups is 1. The second-order valence-corrected chi connectivity index (χ2v) is 19.0. The molecule has 0 spiro atoms. The number of benzene rings is 2. The summed E-state index contributed by atoms with van der Waals surface area (Å²) in [5.41, 5.74) is 8.61. The number of nitrogens with one attached hydrogen (secondary N) is 2. The highest BCUT2D eigenvalue weighted by Gasteiger charge is 2.20. The number of aliphatic hydroxyl groups is 1. The van der Waals surface area contributed by atoms with Gasteiger partial charge in [-0.15, -0.1) is 0 Å². The lowest BCUT2D eigenvalue weighted by Crippen LogP contribution is -2.35. The number of hydrazine groups is 2. The lowest BCUT2D eigenvalue weighted by Gasteiger charge is -2.29. The summed E-state index contributed by atoms with van der Waals surface area (Å²) >= 11 is 16.0. The van der Waals surface area contributed by atoms with Crippen molar-refractivity contribution in [1.82, 2.24) is 25.2 Å². The third-order valence-electron chi connectivity index (χ3n) is 8.12. The fraction of sp³-hybridized carbons (Fsp3) is 0.469. The molecule has 3 N–H and O–H groups in total. The van der Waals surface area contributed by atoms with E-state index in [9.17, 15) is 5.11 Å². The van der Waals surface area contributed by atoms with E-state index in [0.29, 0.717) is 23.3 Å². The SMILES string of the molecule is COC1C=CC(CNN(C)[PH](=S)OC2C=CC(CNN(C)[PH](=S)Oc3ccc(/C=N/N(C)P(S)Oc4ccc(CO)cc4)cc3)CC2)CC1. The summed E-state index contributed by atoms with van der Waals surface area (Å²) < 4.78 is 29.2. The topological polar surface area (TPSA) is 103 Å². The van der Waals surface area contributed by atoms with Gasteiger partial charge in [0.1, 0.15) is 18.6 Å². The van der Waals surface area contributed by atoms with Gasteiger partial charge in [0.15, 0.2) is 7.07 Å². The summed E-state index contributed by atoms with van der Waals surface area (Å²) in [7, 11) is 2.94. The molecule has 2 aliphatic rings. The van der Waals surface area contributed by atoms with Gasteiger partial charge in [-0.2, -0.15) is 14.7 Å². The number of nitrogens with zero attached hydrogens (tertiary/aromatic N) is 4. The molecule has 0 bridgehead atoms. The molecular weight excluding hydrogens is 738 g/mol. The van der Waals surface area contributed by atoms with Crippen LogP contribution in [0, 0.1) is 11.8 Å². The Kier molecular flexibility index (Phi) is 17.7. The number of hydrogen-bond donors (Lipinski definition) is 4. The lowest BCUT2D eigenvalue weighted by atomic mass is 9.94. The first-order valence-corrected chi connectivity index (χ1v) is 23.5. The van der Waals surface area contributed by atoms with Crippen LogP contribution in [0.3, 0.4) is 0 Å². The van der Waals surface area contributed by atoms with E-state index >= 15 is 0 Å². The van der Waals surface area contributed by atoms with Gasteiger partial charge in [0.05, 0.1) is 25.0 Å². The molecule has 0 amide bonds. The molecule has 2 aromatic rings. The van der Waals surface area contributed by atoms with Crippen molar-refractivity contribution in [1.29, 1.82) is 0 Å². The van der Waals surface area contributed by atoms with Crippen molar-refractivity contribution in [2.75, 3.05) is 41.3 Å². The molecule has 7 unspecified atom stereocenters. The van der Waals surface area contributed by atoms with Crippen molar-refractivity contribution in [2.24, 2.45) is 16.9 Å². The largest absolute Gasteiger partial charge is 0.454 e. The molecule has 2 aromatic carbocycles. The maximum atomic E-state index is 9.20. The summed E-state index contributed by atoms with van der Waals surface area (Å²) in [6.45, 7) is 1.62. The Labute approximate surface area is 309 Å². The third kappa shape index (κ3) is 14.0. The van der Waals surface area contributed by atoms with E-state index in [2.05, 4.69) is 52.5 Å². The van der Waals surface area contributed by atoms with Gasteiger partial charge in [0.25, 0.3) is 7.50 Å². The second-order valence-electron chi connectivity index (χ2n) is 11.8. The van der Waals surface area contributed by atoms with Crippen LogP contribution in [0.1, 0.15) is 36.8 Å². The van der Waals surface area contributed by atoms with Crippen molar-refractivity contribution >= 4 is 63.7 Å². The predicted octanol–water partition coefficient (Wildman–Crippen LogP) is 6.28. The molecule has 0 aliphatic heterocycles. The van der Waals surface area contributed by atoms with E-state index in [4.69, 9.17) is 41.9 Å². The molecule has 270 valence electrons. The smallest absolute Gasteiger partial charge is 0.271 e. The summed E-state index contributed by atoms with van der Waals surface area (Å²) in [5, 5.41) is 13.7. The Morgan fingerprint density at radius 1 is 0.857 bits per heavy atom. The molecule has 11 nitrogen and oxygen atoms in total. The molecule has 4 rings (SSSR count). The summed E-state index contributed by atoms with van der Waals surface area (Å²) in [6.07, 6.45) is 14.9. The van der Waals surface area contributed by atoms with E-state index < -0.39 is 21.7 Å². The molecule has 7 atom stereocenters. The van der Waals surface area contributed by atoms with Gasteiger partial charge in [-0.05, 0) is 96.9 Å². The normalized spacial score (nSPS) is 22.8. The van der Waals surface area contributed by atoms with Crippen LogP contribution in [0.25, 0.3) is 0 Å². The minimum Gasteiger partial charge on any atom is -0.454 e. The fourth-order valence-electron chi connectivity index (χ4n) is 4.98. The van der Waals surface area contributed by atoms with Crippen LogP contribution in [0.4, 0.5) is 0 Å².